The summed E-state index contributed by atoms with van der Waals surface area (Å²) in [6.45, 7) is 11.0. The van der Waals surface area contributed by atoms with Gasteiger partial charge in [0.25, 0.3) is 0 Å². The average Bonchev–Trinajstić information content (AvgIpc) is 2.53. The lowest BCUT2D eigenvalue weighted by Gasteiger charge is -2.20. The Kier molecular flexibility index (Phi) is 11.0. The fourth-order valence-corrected chi connectivity index (χ4v) is 2.07. The summed E-state index contributed by atoms with van der Waals surface area (Å²) in [5.74, 6) is 1.71. The number of nitrogens with one attached hydrogen (secondary N) is 3. The third-order valence-corrected chi connectivity index (χ3v) is 2.97. The highest BCUT2D eigenvalue weighted by atomic mass is 127. The molecule has 26 heavy (non-hydrogen) atoms. The number of ether oxygens (including phenoxy) is 2. The second-order valence-electron chi connectivity index (χ2n) is 6.42. The quantitative estimate of drug-likeness (QED) is 0.319. The summed E-state index contributed by atoms with van der Waals surface area (Å²) in [6, 6.07) is 5.53. The fourth-order valence-electron chi connectivity index (χ4n) is 2.07. The molecule has 0 atom stereocenters. The molecule has 0 spiro atoms. The molecule has 0 saturated carbocycles. The highest BCUT2D eigenvalue weighted by molar-refractivity contribution is 14.0. The molecule has 0 aliphatic rings. The molecule has 0 aliphatic carbocycles. The monoisotopic (exact) mass is 478 g/mol. The van der Waals surface area contributed by atoms with E-state index in [1.165, 1.54) is 0 Å². The van der Waals surface area contributed by atoms with Crippen LogP contribution in [0.5, 0.6) is 11.5 Å². The lowest BCUT2D eigenvalue weighted by atomic mass is 10.1. The zero-order valence-corrected chi connectivity index (χ0v) is 18.8. The molecule has 0 heterocycles. The number of anilines is 1. The van der Waals surface area contributed by atoms with E-state index >= 15 is 0 Å². The molecule has 0 radical (unpaired) electrons. The summed E-state index contributed by atoms with van der Waals surface area (Å²) in [5, 5.41) is 9.16. The van der Waals surface area contributed by atoms with Crippen molar-refractivity contribution in [2.75, 3.05) is 32.1 Å². The number of hydrogen-bond donors (Lipinski definition) is 3. The number of carbonyl (C=O) groups excluding carboxylic acids is 1. The summed E-state index contributed by atoms with van der Waals surface area (Å²) in [7, 11) is 1.60. The van der Waals surface area contributed by atoms with Crippen LogP contribution in [-0.4, -0.2) is 44.2 Å². The Labute approximate surface area is 173 Å². The summed E-state index contributed by atoms with van der Waals surface area (Å²) in [6.07, 6.45) is 0. The van der Waals surface area contributed by atoms with Crippen molar-refractivity contribution in [1.82, 2.24) is 10.6 Å². The van der Waals surface area contributed by atoms with Gasteiger partial charge in [0.2, 0.25) is 5.91 Å². The van der Waals surface area contributed by atoms with Crippen molar-refractivity contribution in [1.29, 1.82) is 0 Å². The largest absolute Gasteiger partial charge is 0.493 e. The number of rotatable bonds is 7. The lowest BCUT2D eigenvalue weighted by molar-refractivity contribution is -0.121. The van der Waals surface area contributed by atoms with Gasteiger partial charge in [-0.25, -0.2) is 4.99 Å². The molecule has 0 aromatic heterocycles. The molecular formula is C18H31IN4O3. The Morgan fingerprint density at radius 3 is 2.42 bits per heavy atom. The minimum absolute atomic E-state index is 0. The molecule has 3 N–H and O–H groups in total. The van der Waals surface area contributed by atoms with E-state index in [1.807, 2.05) is 52.8 Å². The topological polar surface area (TPSA) is 84.0 Å². The van der Waals surface area contributed by atoms with Gasteiger partial charge >= 0.3 is 0 Å². The van der Waals surface area contributed by atoms with Crippen molar-refractivity contribution in [3.8, 4) is 11.5 Å². The van der Waals surface area contributed by atoms with Crippen LogP contribution in [0.4, 0.5) is 5.69 Å². The van der Waals surface area contributed by atoms with Crippen LogP contribution in [0.15, 0.2) is 23.2 Å². The first kappa shape index (κ1) is 24.3. The smallest absolute Gasteiger partial charge is 0.242 e. The van der Waals surface area contributed by atoms with Gasteiger partial charge in [0.1, 0.15) is 6.54 Å². The van der Waals surface area contributed by atoms with Crippen molar-refractivity contribution in [3.05, 3.63) is 18.2 Å². The third-order valence-electron chi connectivity index (χ3n) is 2.97. The number of carbonyl (C=O) groups is 1. The van der Waals surface area contributed by atoms with Gasteiger partial charge in [-0.2, -0.15) is 0 Å². The number of benzene rings is 1. The Balaban J connectivity index is 0.00000625. The Bertz CT molecular complexity index is 601. The second kappa shape index (κ2) is 11.8. The Hall–Kier alpha value is -1.71. The van der Waals surface area contributed by atoms with Crippen molar-refractivity contribution in [2.45, 2.75) is 40.2 Å². The maximum atomic E-state index is 11.9. The summed E-state index contributed by atoms with van der Waals surface area (Å²) < 4.78 is 10.9. The molecule has 0 unspecified atom stereocenters. The van der Waals surface area contributed by atoms with Crippen LogP contribution in [0.3, 0.4) is 0 Å². The van der Waals surface area contributed by atoms with Gasteiger partial charge < -0.3 is 25.4 Å². The predicted molar refractivity (Wildman–Crippen MR) is 117 cm³/mol. The van der Waals surface area contributed by atoms with Crippen LogP contribution in [-0.2, 0) is 4.79 Å². The maximum absolute atomic E-state index is 11.9. The molecule has 0 bridgehead atoms. The zero-order valence-electron chi connectivity index (χ0n) is 16.4. The van der Waals surface area contributed by atoms with Gasteiger partial charge in [-0.3, -0.25) is 4.79 Å². The van der Waals surface area contributed by atoms with Crippen LogP contribution in [0.25, 0.3) is 0 Å². The molecular weight excluding hydrogens is 447 g/mol. The number of amides is 1. The van der Waals surface area contributed by atoms with Gasteiger partial charge in [-0.1, -0.05) is 0 Å². The van der Waals surface area contributed by atoms with Crippen molar-refractivity contribution >= 4 is 41.5 Å². The van der Waals surface area contributed by atoms with Gasteiger partial charge in [-0.05, 0) is 46.8 Å². The number of guanidine groups is 1. The van der Waals surface area contributed by atoms with E-state index in [1.54, 1.807) is 7.11 Å². The number of halogens is 1. The molecule has 0 fully saturated rings. The molecule has 148 valence electrons. The first-order chi connectivity index (χ1) is 11.8. The van der Waals surface area contributed by atoms with E-state index in [0.717, 1.165) is 5.69 Å². The van der Waals surface area contributed by atoms with E-state index in [2.05, 4.69) is 20.9 Å². The second-order valence-corrected chi connectivity index (χ2v) is 6.42. The van der Waals surface area contributed by atoms with Crippen LogP contribution in [0.2, 0.25) is 0 Å². The minimum Gasteiger partial charge on any atom is -0.493 e. The SMILES string of the molecule is CCNC(=NCC(=O)NC(C)(C)C)Nc1ccc(OCC)c(OC)c1.I. The van der Waals surface area contributed by atoms with E-state index in [4.69, 9.17) is 9.47 Å². The van der Waals surface area contributed by atoms with E-state index < -0.39 is 0 Å². The van der Waals surface area contributed by atoms with Crippen molar-refractivity contribution in [3.63, 3.8) is 0 Å². The zero-order chi connectivity index (χ0) is 18.9. The highest BCUT2D eigenvalue weighted by Crippen LogP contribution is 2.30. The predicted octanol–water partition coefficient (Wildman–Crippen LogP) is 3.00. The van der Waals surface area contributed by atoms with Crippen LogP contribution in [0.1, 0.15) is 34.6 Å². The molecule has 1 aromatic carbocycles. The third kappa shape index (κ3) is 9.12. The van der Waals surface area contributed by atoms with Gasteiger partial charge in [0.15, 0.2) is 17.5 Å². The lowest BCUT2D eigenvalue weighted by Crippen LogP contribution is -2.42. The Morgan fingerprint density at radius 1 is 1.19 bits per heavy atom. The van der Waals surface area contributed by atoms with Gasteiger partial charge in [-0.15, -0.1) is 24.0 Å². The summed E-state index contributed by atoms with van der Waals surface area (Å²) in [4.78, 5) is 16.2. The van der Waals surface area contributed by atoms with E-state index in [9.17, 15) is 4.79 Å². The number of methoxy groups -OCH3 is 1. The molecule has 7 nitrogen and oxygen atoms in total. The number of hydrogen-bond acceptors (Lipinski definition) is 4. The summed E-state index contributed by atoms with van der Waals surface area (Å²) >= 11 is 0. The van der Waals surface area contributed by atoms with Crippen molar-refractivity contribution < 1.29 is 14.3 Å². The van der Waals surface area contributed by atoms with Crippen molar-refractivity contribution in [2.24, 2.45) is 4.99 Å². The standard InChI is InChI=1S/C18H30N4O3.HI/c1-7-19-17(20-12-16(23)22-18(3,4)5)21-13-9-10-14(25-8-2)15(11-13)24-6;/h9-11H,7-8,12H2,1-6H3,(H,22,23)(H2,19,20,21);1H. The number of aliphatic imine (C=N–C) groups is 1. The minimum atomic E-state index is -0.277. The fraction of sp³-hybridized carbons (Fsp3) is 0.556. The van der Waals surface area contributed by atoms with Gasteiger partial charge in [0, 0.05) is 23.8 Å². The van der Waals surface area contributed by atoms with Crippen LogP contribution >= 0.6 is 24.0 Å². The van der Waals surface area contributed by atoms with E-state index in [-0.39, 0.29) is 42.0 Å². The van der Waals surface area contributed by atoms with E-state index in [0.29, 0.717) is 30.6 Å². The average molecular weight is 478 g/mol. The van der Waals surface area contributed by atoms with Crippen LogP contribution < -0.4 is 25.4 Å². The summed E-state index contributed by atoms with van der Waals surface area (Å²) in [5.41, 5.74) is 0.511. The first-order valence-corrected chi connectivity index (χ1v) is 8.46. The maximum Gasteiger partial charge on any atom is 0.242 e. The van der Waals surface area contributed by atoms with Crippen LogP contribution in [0, 0.1) is 0 Å². The normalized spacial score (nSPS) is 11.2. The first-order valence-electron chi connectivity index (χ1n) is 8.46. The highest BCUT2D eigenvalue weighted by Gasteiger charge is 2.13. The molecule has 1 aromatic rings. The molecule has 1 amide bonds. The molecule has 1 rings (SSSR count). The number of nitrogens with zero attached hydrogens (tertiary/aromatic N) is 1. The van der Waals surface area contributed by atoms with Gasteiger partial charge in [0.05, 0.1) is 13.7 Å². The Morgan fingerprint density at radius 2 is 1.88 bits per heavy atom. The molecule has 8 heteroatoms. The molecule has 0 aliphatic heterocycles. The molecule has 0 saturated heterocycles.